The number of anilines is 2. The molecule has 0 saturated heterocycles. The van der Waals surface area contributed by atoms with Crippen LogP contribution in [-0.2, 0) is 0 Å². The Morgan fingerprint density at radius 1 is 1.11 bits per heavy atom. The summed E-state index contributed by atoms with van der Waals surface area (Å²) in [4.78, 5) is 0. The smallest absolute Gasteiger partial charge is 0.192 e. The lowest BCUT2D eigenvalue weighted by Crippen LogP contribution is -2.00. The zero-order chi connectivity index (χ0) is 13.2. The summed E-state index contributed by atoms with van der Waals surface area (Å²) in [6.07, 6.45) is 0.952. The molecule has 0 spiro atoms. The van der Waals surface area contributed by atoms with Crippen molar-refractivity contribution in [3.05, 3.63) is 48.4 Å². The second-order valence-corrected chi connectivity index (χ2v) is 3.94. The highest BCUT2D eigenvalue weighted by Gasteiger charge is 2.10. The van der Waals surface area contributed by atoms with Crippen LogP contribution in [0.3, 0.4) is 0 Å². The lowest BCUT2D eigenvalue weighted by Gasteiger charge is -2.09. The number of aromatic nitrogens is 3. The Morgan fingerprint density at radius 2 is 1.95 bits per heavy atom. The van der Waals surface area contributed by atoms with Gasteiger partial charge < -0.3 is 10.4 Å². The fourth-order valence-corrected chi connectivity index (χ4v) is 1.82. The van der Waals surface area contributed by atoms with Crippen molar-refractivity contribution in [2.75, 3.05) is 5.32 Å². The van der Waals surface area contributed by atoms with Gasteiger partial charge in [-0.25, -0.2) is 4.39 Å². The molecule has 0 bridgehead atoms. The zero-order valence-electron chi connectivity index (χ0n) is 9.71. The number of phenols is 1. The molecule has 5 nitrogen and oxygen atoms in total. The SMILES string of the molecule is Oc1c(Nc2nnncc2F)ccc2ccccc12. The van der Waals surface area contributed by atoms with Crippen molar-refractivity contribution in [1.82, 2.24) is 15.4 Å². The van der Waals surface area contributed by atoms with Gasteiger partial charge in [0, 0.05) is 5.39 Å². The zero-order valence-corrected chi connectivity index (χ0v) is 9.71. The van der Waals surface area contributed by atoms with Crippen molar-refractivity contribution in [1.29, 1.82) is 0 Å². The predicted molar refractivity (Wildman–Crippen MR) is 68.7 cm³/mol. The largest absolute Gasteiger partial charge is 0.505 e. The van der Waals surface area contributed by atoms with Gasteiger partial charge in [-0.1, -0.05) is 30.3 Å². The highest BCUT2D eigenvalue weighted by molar-refractivity contribution is 5.93. The summed E-state index contributed by atoms with van der Waals surface area (Å²) in [7, 11) is 0. The normalized spacial score (nSPS) is 10.6. The highest BCUT2D eigenvalue weighted by atomic mass is 19.1. The Morgan fingerprint density at radius 3 is 2.79 bits per heavy atom. The Balaban J connectivity index is 2.07. The number of hydrogen-bond donors (Lipinski definition) is 2. The summed E-state index contributed by atoms with van der Waals surface area (Å²) < 4.78 is 13.4. The number of aromatic hydroxyl groups is 1. The lowest BCUT2D eigenvalue weighted by atomic mass is 10.1. The molecular weight excluding hydrogens is 247 g/mol. The molecule has 2 aromatic carbocycles. The number of rotatable bonds is 2. The number of phenolic OH excluding ortho intramolecular Hbond substituents is 1. The summed E-state index contributed by atoms with van der Waals surface area (Å²) in [6.45, 7) is 0. The van der Waals surface area contributed by atoms with Gasteiger partial charge in [-0.3, -0.25) is 0 Å². The number of benzene rings is 2. The molecule has 0 radical (unpaired) electrons. The van der Waals surface area contributed by atoms with Crippen LogP contribution in [0, 0.1) is 5.82 Å². The van der Waals surface area contributed by atoms with Crippen molar-refractivity contribution in [3.8, 4) is 5.75 Å². The molecule has 0 saturated carbocycles. The molecule has 2 N–H and O–H groups in total. The maximum absolute atomic E-state index is 13.4. The summed E-state index contributed by atoms with van der Waals surface area (Å²) in [5, 5.41) is 24.6. The minimum Gasteiger partial charge on any atom is -0.505 e. The van der Waals surface area contributed by atoms with Gasteiger partial charge in [0.2, 0.25) is 0 Å². The van der Waals surface area contributed by atoms with E-state index in [1.54, 1.807) is 12.1 Å². The summed E-state index contributed by atoms with van der Waals surface area (Å²) in [5.74, 6) is -0.681. The van der Waals surface area contributed by atoms with Crippen LogP contribution in [0.2, 0.25) is 0 Å². The third-order valence-electron chi connectivity index (χ3n) is 2.75. The van der Waals surface area contributed by atoms with E-state index >= 15 is 0 Å². The highest BCUT2D eigenvalue weighted by Crippen LogP contribution is 2.34. The molecule has 0 atom stereocenters. The van der Waals surface area contributed by atoms with Gasteiger partial charge in [-0.15, -0.1) is 10.2 Å². The van der Waals surface area contributed by atoms with Crippen LogP contribution in [0.1, 0.15) is 0 Å². The molecule has 0 aliphatic heterocycles. The quantitative estimate of drug-likeness (QED) is 0.690. The fourth-order valence-electron chi connectivity index (χ4n) is 1.82. The monoisotopic (exact) mass is 256 g/mol. The van der Waals surface area contributed by atoms with Crippen LogP contribution < -0.4 is 5.32 Å². The molecule has 3 aromatic rings. The van der Waals surface area contributed by atoms with E-state index < -0.39 is 5.82 Å². The fraction of sp³-hybridized carbons (Fsp3) is 0. The van der Waals surface area contributed by atoms with Gasteiger partial charge in [0.1, 0.15) is 5.75 Å². The van der Waals surface area contributed by atoms with E-state index in [1.165, 1.54) is 0 Å². The van der Waals surface area contributed by atoms with Crippen LogP contribution in [0.5, 0.6) is 5.75 Å². The Bertz CT molecular complexity index is 748. The molecule has 94 valence electrons. The van der Waals surface area contributed by atoms with Crippen LogP contribution in [0.25, 0.3) is 10.8 Å². The Kier molecular flexibility index (Phi) is 2.68. The maximum Gasteiger partial charge on any atom is 0.192 e. The average Bonchev–Trinajstić information content (AvgIpc) is 2.44. The van der Waals surface area contributed by atoms with Gasteiger partial charge in [-0.05, 0) is 16.7 Å². The molecule has 0 aliphatic rings. The topological polar surface area (TPSA) is 70.9 Å². The van der Waals surface area contributed by atoms with Gasteiger partial charge >= 0.3 is 0 Å². The van der Waals surface area contributed by atoms with Crippen LogP contribution in [-0.4, -0.2) is 20.5 Å². The minimum absolute atomic E-state index is 0.0381. The van der Waals surface area contributed by atoms with E-state index in [2.05, 4.69) is 20.7 Å². The molecular formula is C13H9FN4O. The van der Waals surface area contributed by atoms with E-state index in [9.17, 15) is 9.50 Å². The van der Waals surface area contributed by atoms with E-state index in [0.717, 1.165) is 11.6 Å². The predicted octanol–water partition coefficient (Wildman–Crippen LogP) is 2.61. The first kappa shape index (κ1) is 11.3. The van der Waals surface area contributed by atoms with E-state index in [1.807, 2.05) is 24.3 Å². The minimum atomic E-state index is -0.637. The number of nitrogens with zero attached hydrogens (tertiary/aromatic N) is 3. The maximum atomic E-state index is 13.4. The summed E-state index contributed by atoms with van der Waals surface area (Å²) in [6, 6.07) is 10.8. The van der Waals surface area contributed by atoms with Crippen molar-refractivity contribution in [2.45, 2.75) is 0 Å². The van der Waals surface area contributed by atoms with Crippen molar-refractivity contribution in [3.63, 3.8) is 0 Å². The molecule has 6 heteroatoms. The van der Waals surface area contributed by atoms with Gasteiger partial charge in [0.05, 0.1) is 11.9 Å². The summed E-state index contributed by atoms with van der Waals surface area (Å²) >= 11 is 0. The first-order chi connectivity index (χ1) is 9.25. The van der Waals surface area contributed by atoms with E-state index in [0.29, 0.717) is 11.1 Å². The second kappa shape index (κ2) is 4.49. The molecule has 0 aliphatic carbocycles. The van der Waals surface area contributed by atoms with E-state index in [-0.39, 0.29) is 11.6 Å². The standard InChI is InChI=1S/C13H9FN4O/c14-10-7-15-18-17-13(10)16-11-6-5-8-3-1-2-4-9(8)12(11)19/h1-7,19H,(H,15,16,17). The molecule has 1 aromatic heterocycles. The number of halogens is 1. The number of nitrogens with one attached hydrogen (secondary N) is 1. The van der Waals surface area contributed by atoms with Gasteiger partial charge in [0.25, 0.3) is 0 Å². The third kappa shape index (κ3) is 2.03. The Hall–Kier alpha value is -2.76. The van der Waals surface area contributed by atoms with Gasteiger partial charge in [0.15, 0.2) is 11.6 Å². The first-order valence-electron chi connectivity index (χ1n) is 5.57. The second-order valence-electron chi connectivity index (χ2n) is 3.94. The van der Waals surface area contributed by atoms with Crippen molar-refractivity contribution in [2.24, 2.45) is 0 Å². The molecule has 0 amide bonds. The third-order valence-corrected chi connectivity index (χ3v) is 2.75. The summed E-state index contributed by atoms with van der Waals surface area (Å²) in [5.41, 5.74) is 0.359. The Labute approximate surface area is 107 Å². The number of hydrogen-bond acceptors (Lipinski definition) is 5. The first-order valence-corrected chi connectivity index (χ1v) is 5.57. The van der Waals surface area contributed by atoms with Crippen LogP contribution >= 0.6 is 0 Å². The molecule has 19 heavy (non-hydrogen) atoms. The van der Waals surface area contributed by atoms with Crippen molar-refractivity contribution < 1.29 is 9.50 Å². The average molecular weight is 256 g/mol. The van der Waals surface area contributed by atoms with Crippen molar-refractivity contribution >= 4 is 22.3 Å². The van der Waals surface area contributed by atoms with Crippen LogP contribution in [0.15, 0.2) is 42.6 Å². The lowest BCUT2D eigenvalue weighted by molar-refractivity contribution is 0.484. The molecule has 0 unspecified atom stereocenters. The molecule has 3 rings (SSSR count). The molecule has 1 heterocycles. The number of fused-ring (bicyclic) bond motifs is 1. The van der Waals surface area contributed by atoms with E-state index in [4.69, 9.17) is 0 Å². The van der Waals surface area contributed by atoms with Crippen LogP contribution in [0.4, 0.5) is 15.9 Å². The van der Waals surface area contributed by atoms with Gasteiger partial charge in [-0.2, -0.15) is 0 Å². The molecule has 0 fully saturated rings.